The lowest BCUT2D eigenvalue weighted by Crippen LogP contribution is -2.36. The SMILES string of the molecule is C=C(CC(O)C[C@@H](C)[C@H]1CCC2C(=CBr)CCC[C@@]21C)C(=O)OC. The number of carbonyl (C=O) groups is 1. The fraction of sp³-hybridized carbons (Fsp3) is 0.750. The second kappa shape index (κ2) is 8.18. The van der Waals surface area contributed by atoms with Crippen LogP contribution >= 0.6 is 15.9 Å². The number of ether oxygens (including phenoxy) is 1. The number of aliphatic hydroxyl groups excluding tert-OH is 1. The monoisotopic (exact) mass is 398 g/mol. The van der Waals surface area contributed by atoms with Crippen LogP contribution in [0.5, 0.6) is 0 Å². The summed E-state index contributed by atoms with van der Waals surface area (Å²) in [7, 11) is 1.35. The minimum absolute atomic E-state index is 0.302. The fourth-order valence-electron chi connectivity index (χ4n) is 5.33. The van der Waals surface area contributed by atoms with Gasteiger partial charge in [0.1, 0.15) is 0 Å². The number of methoxy groups -OCH3 is 1. The van der Waals surface area contributed by atoms with E-state index in [1.165, 1.54) is 39.2 Å². The van der Waals surface area contributed by atoms with Crippen LogP contribution in [0.1, 0.15) is 58.8 Å². The van der Waals surface area contributed by atoms with Gasteiger partial charge in [-0.15, -0.1) is 0 Å². The number of fused-ring (bicyclic) bond motifs is 1. The molecule has 2 fully saturated rings. The highest BCUT2D eigenvalue weighted by Crippen LogP contribution is 2.60. The number of hydrogen-bond donors (Lipinski definition) is 1. The Morgan fingerprint density at radius 1 is 1.54 bits per heavy atom. The smallest absolute Gasteiger partial charge is 0.333 e. The lowest BCUT2D eigenvalue weighted by molar-refractivity contribution is -0.136. The summed E-state index contributed by atoms with van der Waals surface area (Å²) in [6.45, 7) is 8.43. The van der Waals surface area contributed by atoms with Gasteiger partial charge in [-0.2, -0.15) is 0 Å². The minimum atomic E-state index is -0.524. The molecule has 2 rings (SSSR count). The van der Waals surface area contributed by atoms with Gasteiger partial charge < -0.3 is 9.84 Å². The lowest BCUT2D eigenvalue weighted by Gasteiger charge is -2.44. The van der Waals surface area contributed by atoms with Crippen LogP contribution in [0, 0.1) is 23.2 Å². The summed E-state index contributed by atoms with van der Waals surface area (Å²) in [6.07, 6.45) is 6.74. The number of hydrogen-bond acceptors (Lipinski definition) is 3. The molecule has 0 aromatic rings. The van der Waals surface area contributed by atoms with Crippen molar-refractivity contribution in [2.45, 2.75) is 64.9 Å². The first-order chi connectivity index (χ1) is 11.3. The zero-order chi connectivity index (χ0) is 17.9. The number of esters is 1. The van der Waals surface area contributed by atoms with Gasteiger partial charge in [-0.25, -0.2) is 4.79 Å². The summed E-state index contributed by atoms with van der Waals surface area (Å²) in [5.74, 6) is 1.33. The quantitative estimate of drug-likeness (QED) is 0.506. The third kappa shape index (κ3) is 3.96. The predicted octanol–water partition coefficient (Wildman–Crippen LogP) is 4.99. The second-order valence-electron chi connectivity index (χ2n) is 7.95. The molecular weight excluding hydrogens is 368 g/mol. The zero-order valence-corrected chi connectivity index (χ0v) is 16.8. The first-order valence-corrected chi connectivity index (χ1v) is 9.98. The van der Waals surface area contributed by atoms with Crippen molar-refractivity contribution in [2.75, 3.05) is 7.11 Å². The van der Waals surface area contributed by atoms with E-state index in [2.05, 4.69) is 46.1 Å². The van der Waals surface area contributed by atoms with Crippen LogP contribution in [0.3, 0.4) is 0 Å². The Bertz CT molecular complexity index is 513. The number of aliphatic hydroxyl groups is 1. The molecule has 24 heavy (non-hydrogen) atoms. The Labute approximate surface area is 154 Å². The zero-order valence-electron chi connectivity index (χ0n) is 15.2. The third-order valence-electron chi connectivity index (χ3n) is 6.46. The molecule has 3 nitrogen and oxygen atoms in total. The first kappa shape index (κ1) is 19.7. The Morgan fingerprint density at radius 2 is 2.25 bits per heavy atom. The first-order valence-electron chi connectivity index (χ1n) is 9.06. The highest BCUT2D eigenvalue weighted by Gasteiger charge is 2.50. The maximum atomic E-state index is 11.5. The number of carbonyl (C=O) groups excluding carboxylic acids is 1. The van der Waals surface area contributed by atoms with Gasteiger partial charge in [0.25, 0.3) is 0 Å². The molecule has 0 amide bonds. The molecule has 0 bridgehead atoms. The summed E-state index contributed by atoms with van der Waals surface area (Å²) < 4.78 is 4.67. The maximum Gasteiger partial charge on any atom is 0.333 e. The van der Waals surface area contributed by atoms with E-state index in [0.29, 0.717) is 35.2 Å². The molecule has 4 heteroatoms. The third-order valence-corrected chi connectivity index (χ3v) is 7.05. The Balaban J connectivity index is 1.98. The topological polar surface area (TPSA) is 46.5 Å². The van der Waals surface area contributed by atoms with Crippen molar-refractivity contribution in [3.63, 3.8) is 0 Å². The van der Waals surface area contributed by atoms with Gasteiger partial charge in [-0.1, -0.05) is 41.9 Å². The van der Waals surface area contributed by atoms with E-state index in [1.54, 1.807) is 5.57 Å². The maximum absolute atomic E-state index is 11.5. The molecule has 0 aliphatic heterocycles. The van der Waals surface area contributed by atoms with E-state index in [9.17, 15) is 9.90 Å². The van der Waals surface area contributed by atoms with Gasteiger partial charge in [-0.05, 0) is 66.7 Å². The van der Waals surface area contributed by atoms with E-state index >= 15 is 0 Å². The second-order valence-corrected chi connectivity index (χ2v) is 8.40. The van der Waals surface area contributed by atoms with Crippen LogP contribution in [0.4, 0.5) is 0 Å². The molecule has 0 aromatic carbocycles. The van der Waals surface area contributed by atoms with Crippen LogP contribution in [-0.2, 0) is 9.53 Å². The molecule has 136 valence electrons. The largest absolute Gasteiger partial charge is 0.466 e. The van der Waals surface area contributed by atoms with Gasteiger partial charge in [-0.3, -0.25) is 0 Å². The van der Waals surface area contributed by atoms with Crippen LogP contribution in [0.2, 0.25) is 0 Å². The molecule has 0 radical (unpaired) electrons. The molecule has 1 N–H and O–H groups in total. The van der Waals surface area contributed by atoms with E-state index in [-0.39, 0.29) is 0 Å². The number of rotatable bonds is 6. The van der Waals surface area contributed by atoms with Gasteiger partial charge in [0.05, 0.1) is 13.2 Å². The van der Waals surface area contributed by atoms with E-state index < -0.39 is 12.1 Å². The normalized spacial score (nSPS) is 33.8. The number of halogens is 1. The van der Waals surface area contributed by atoms with Crippen molar-refractivity contribution in [1.82, 2.24) is 0 Å². The molecule has 5 atom stereocenters. The van der Waals surface area contributed by atoms with Gasteiger partial charge in [0, 0.05) is 12.0 Å². The van der Waals surface area contributed by atoms with Crippen LogP contribution in [0.25, 0.3) is 0 Å². The minimum Gasteiger partial charge on any atom is -0.466 e. The standard InChI is InChI=1S/C20H31BrO3/c1-13(10-16(22)11-14(2)19(23)24-4)17-7-8-18-15(12-21)6-5-9-20(17,18)3/h12-13,16-18,22H,2,5-11H2,1,3-4H3/t13-,16?,17-,18?,20-/m1/s1. The summed E-state index contributed by atoms with van der Waals surface area (Å²) in [6, 6.07) is 0. The van der Waals surface area contributed by atoms with Gasteiger partial charge in [0.2, 0.25) is 0 Å². The van der Waals surface area contributed by atoms with Gasteiger partial charge >= 0.3 is 5.97 Å². The molecule has 0 spiro atoms. The summed E-state index contributed by atoms with van der Waals surface area (Å²) in [5, 5.41) is 10.4. The average Bonchev–Trinajstić information content (AvgIpc) is 2.90. The molecule has 0 aromatic heterocycles. The van der Waals surface area contributed by atoms with Crippen molar-refractivity contribution >= 4 is 21.9 Å². The van der Waals surface area contributed by atoms with Crippen molar-refractivity contribution in [1.29, 1.82) is 0 Å². The van der Waals surface area contributed by atoms with E-state index in [1.807, 2.05) is 0 Å². The molecule has 2 aliphatic rings. The Hall–Kier alpha value is -0.610. The fourth-order valence-corrected chi connectivity index (χ4v) is 5.88. The highest BCUT2D eigenvalue weighted by molar-refractivity contribution is 9.11. The predicted molar refractivity (Wildman–Crippen MR) is 101 cm³/mol. The Kier molecular flexibility index (Phi) is 6.72. The van der Waals surface area contributed by atoms with E-state index in [4.69, 9.17) is 0 Å². The Morgan fingerprint density at radius 3 is 2.88 bits per heavy atom. The molecule has 2 saturated carbocycles. The van der Waals surface area contributed by atoms with E-state index in [0.717, 1.165) is 6.42 Å². The summed E-state index contributed by atoms with van der Waals surface area (Å²) in [5.41, 5.74) is 2.27. The van der Waals surface area contributed by atoms with Crippen LogP contribution < -0.4 is 0 Å². The molecule has 2 aliphatic carbocycles. The molecular formula is C20H31BrO3. The van der Waals surface area contributed by atoms with Crippen molar-refractivity contribution in [3.05, 3.63) is 22.7 Å². The molecule has 0 heterocycles. The number of allylic oxidation sites excluding steroid dienone is 1. The molecule has 0 saturated heterocycles. The van der Waals surface area contributed by atoms with Crippen molar-refractivity contribution in [2.24, 2.45) is 23.2 Å². The van der Waals surface area contributed by atoms with Crippen molar-refractivity contribution in [3.8, 4) is 0 Å². The lowest BCUT2D eigenvalue weighted by atomic mass is 9.61. The van der Waals surface area contributed by atoms with Crippen LogP contribution in [0.15, 0.2) is 22.7 Å². The highest BCUT2D eigenvalue weighted by atomic mass is 79.9. The van der Waals surface area contributed by atoms with Gasteiger partial charge in [0.15, 0.2) is 0 Å². The summed E-state index contributed by atoms with van der Waals surface area (Å²) in [4.78, 5) is 13.6. The van der Waals surface area contributed by atoms with Crippen molar-refractivity contribution < 1.29 is 14.6 Å². The molecule has 2 unspecified atom stereocenters. The average molecular weight is 399 g/mol. The van der Waals surface area contributed by atoms with Crippen LogP contribution in [-0.4, -0.2) is 24.3 Å². The summed E-state index contributed by atoms with van der Waals surface area (Å²) >= 11 is 3.56.